The van der Waals surface area contributed by atoms with Crippen LogP contribution in [-0.4, -0.2) is 78.9 Å². The summed E-state index contributed by atoms with van der Waals surface area (Å²) in [5.74, 6) is 1.06. The van der Waals surface area contributed by atoms with Crippen LogP contribution in [0.15, 0.2) is 42.5 Å². The maximum Gasteiger partial charge on any atom is 0.319 e. The van der Waals surface area contributed by atoms with Gasteiger partial charge in [-0.05, 0) is 63.7 Å². The molecule has 0 aliphatic carbocycles. The normalized spacial score (nSPS) is 18.5. The third-order valence-electron chi connectivity index (χ3n) is 6.45. The molecule has 1 aliphatic rings. The summed E-state index contributed by atoms with van der Waals surface area (Å²) in [5.41, 5.74) is 2.01. The molecule has 9 nitrogen and oxygen atoms in total. The van der Waals surface area contributed by atoms with E-state index in [-0.39, 0.29) is 42.7 Å². The number of carbonyl (C=O) groups is 2. The molecule has 0 saturated carbocycles. The molecule has 0 fully saturated rings. The zero-order valence-corrected chi connectivity index (χ0v) is 22.7. The molecule has 0 saturated heterocycles. The number of fused-ring (bicyclic) bond motifs is 1. The minimum absolute atomic E-state index is 0.0130. The van der Waals surface area contributed by atoms with E-state index in [1.54, 1.807) is 30.2 Å². The number of carbonyl (C=O) groups excluding carboxylic acids is 2. The first-order chi connectivity index (χ1) is 17.6. The Labute approximate surface area is 219 Å². The lowest BCUT2D eigenvalue weighted by Crippen LogP contribution is -2.49. The second-order valence-electron chi connectivity index (χ2n) is 10.1. The van der Waals surface area contributed by atoms with E-state index in [4.69, 9.17) is 9.47 Å². The third kappa shape index (κ3) is 7.60. The van der Waals surface area contributed by atoms with Gasteiger partial charge in [0.15, 0.2) is 0 Å². The summed E-state index contributed by atoms with van der Waals surface area (Å²) < 4.78 is 11.7. The minimum atomic E-state index is -0.362. The highest BCUT2D eigenvalue weighted by Crippen LogP contribution is 2.31. The lowest BCUT2D eigenvalue weighted by molar-refractivity contribution is 0.0341. The van der Waals surface area contributed by atoms with E-state index in [0.29, 0.717) is 30.1 Å². The Kier molecular flexibility index (Phi) is 9.77. The van der Waals surface area contributed by atoms with E-state index < -0.39 is 0 Å². The molecule has 0 bridgehead atoms. The number of aliphatic hydroxyl groups is 1. The summed E-state index contributed by atoms with van der Waals surface area (Å²) in [6, 6.07) is 12.4. The van der Waals surface area contributed by atoms with Gasteiger partial charge in [0.2, 0.25) is 0 Å². The van der Waals surface area contributed by atoms with Crippen molar-refractivity contribution in [2.24, 2.45) is 5.92 Å². The van der Waals surface area contributed by atoms with Gasteiger partial charge in [0.1, 0.15) is 17.6 Å². The number of anilines is 1. The molecule has 9 heteroatoms. The van der Waals surface area contributed by atoms with Crippen molar-refractivity contribution in [3.05, 3.63) is 53.6 Å². The van der Waals surface area contributed by atoms with Crippen LogP contribution in [0, 0.1) is 5.92 Å². The predicted molar refractivity (Wildman–Crippen MR) is 144 cm³/mol. The molecule has 3 atom stereocenters. The quantitative estimate of drug-likeness (QED) is 0.475. The standard InChI is InChI=1S/C28H40N4O5/c1-18(2)29-28(35)30-22-9-12-25-24(13-22)27(34)32(20(4)17-33)14-19(3)26(37-25)16-31(5)15-21-7-10-23(36-6)11-8-21/h7-13,18-20,26,33H,14-17H2,1-6H3,(H2,29,30,35)/t19-,20+,26+/m1/s1. The molecule has 1 aliphatic heterocycles. The number of aliphatic hydroxyl groups excluding tert-OH is 1. The second-order valence-corrected chi connectivity index (χ2v) is 10.1. The molecule has 0 radical (unpaired) electrons. The molecule has 2 aromatic carbocycles. The lowest BCUT2D eigenvalue weighted by Gasteiger charge is -2.38. The number of rotatable bonds is 9. The van der Waals surface area contributed by atoms with Crippen LogP contribution in [0.4, 0.5) is 10.5 Å². The Morgan fingerprint density at radius 2 is 1.92 bits per heavy atom. The first-order valence-corrected chi connectivity index (χ1v) is 12.7. The highest BCUT2D eigenvalue weighted by Gasteiger charge is 2.33. The Morgan fingerprint density at radius 3 is 2.54 bits per heavy atom. The fourth-order valence-corrected chi connectivity index (χ4v) is 4.36. The number of nitrogens with one attached hydrogen (secondary N) is 2. The van der Waals surface area contributed by atoms with Gasteiger partial charge in [-0.25, -0.2) is 4.79 Å². The first-order valence-electron chi connectivity index (χ1n) is 12.7. The van der Waals surface area contributed by atoms with Gasteiger partial charge >= 0.3 is 6.03 Å². The van der Waals surface area contributed by atoms with Crippen molar-refractivity contribution < 1.29 is 24.2 Å². The topological polar surface area (TPSA) is 103 Å². The second kappa shape index (κ2) is 12.8. The van der Waals surface area contributed by atoms with Crippen molar-refractivity contribution >= 4 is 17.6 Å². The summed E-state index contributed by atoms with van der Waals surface area (Å²) in [5, 5.41) is 15.4. The Morgan fingerprint density at radius 1 is 1.22 bits per heavy atom. The van der Waals surface area contributed by atoms with E-state index in [1.807, 2.05) is 52.1 Å². The van der Waals surface area contributed by atoms with Crippen LogP contribution in [0.2, 0.25) is 0 Å². The van der Waals surface area contributed by atoms with Crippen LogP contribution in [0.5, 0.6) is 11.5 Å². The monoisotopic (exact) mass is 512 g/mol. The fraction of sp³-hybridized carbons (Fsp3) is 0.500. The zero-order chi connectivity index (χ0) is 27.1. The van der Waals surface area contributed by atoms with Gasteiger partial charge in [-0.15, -0.1) is 0 Å². The van der Waals surface area contributed by atoms with Crippen molar-refractivity contribution in [2.45, 2.75) is 52.4 Å². The van der Waals surface area contributed by atoms with Crippen molar-refractivity contribution in [2.75, 3.05) is 39.2 Å². The molecule has 1 heterocycles. The van der Waals surface area contributed by atoms with Crippen molar-refractivity contribution in [3.63, 3.8) is 0 Å². The summed E-state index contributed by atoms with van der Waals surface area (Å²) in [6.07, 6.45) is -0.202. The Bertz CT molecular complexity index is 1060. The third-order valence-corrected chi connectivity index (χ3v) is 6.45. The average molecular weight is 513 g/mol. The maximum absolute atomic E-state index is 13.6. The average Bonchev–Trinajstić information content (AvgIpc) is 2.86. The number of hydrogen-bond donors (Lipinski definition) is 3. The molecule has 37 heavy (non-hydrogen) atoms. The molecular formula is C28H40N4O5. The fourth-order valence-electron chi connectivity index (χ4n) is 4.36. The van der Waals surface area contributed by atoms with Gasteiger partial charge < -0.3 is 30.1 Å². The van der Waals surface area contributed by atoms with Crippen LogP contribution in [0.1, 0.15) is 43.6 Å². The van der Waals surface area contributed by atoms with Crippen LogP contribution < -0.4 is 20.1 Å². The van der Waals surface area contributed by atoms with Crippen molar-refractivity contribution in [1.29, 1.82) is 0 Å². The summed E-state index contributed by atoms with van der Waals surface area (Å²) in [7, 11) is 3.69. The summed E-state index contributed by atoms with van der Waals surface area (Å²) in [4.78, 5) is 29.7. The lowest BCUT2D eigenvalue weighted by atomic mass is 9.99. The number of amides is 3. The largest absolute Gasteiger partial charge is 0.497 e. The molecule has 202 valence electrons. The predicted octanol–water partition coefficient (Wildman–Crippen LogP) is 3.58. The number of urea groups is 1. The molecular weight excluding hydrogens is 472 g/mol. The number of nitrogens with zero attached hydrogens (tertiary/aromatic N) is 2. The number of likely N-dealkylation sites (N-methyl/N-ethyl adjacent to an activating group) is 1. The van der Waals surface area contributed by atoms with Gasteiger partial charge in [-0.3, -0.25) is 9.69 Å². The van der Waals surface area contributed by atoms with Gasteiger partial charge in [0, 0.05) is 37.3 Å². The molecule has 3 amide bonds. The number of ether oxygens (including phenoxy) is 2. The van der Waals surface area contributed by atoms with Crippen LogP contribution >= 0.6 is 0 Å². The van der Waals surface area contributed by atoms with E-state index in [0.717, 1.165) is 17.9 Å². The van der Waals surface area contributed by atoms with Gasteiger partial charge in [-0.1, -0.05) is 19.1 Å². The van der Waals surface area contributed by atoms with E-state index >= 15 is 0 Å². The SMILES string of the molecule is COc1ccc(CN(C)C[C@@H]2Oc3ccc(NC(=O)NC(C)C)cc3C(=O)N([C@@H](C)CO)C[C@H]2C)cc1. The molecule has 0 unspecified atom stereocenters. The smallest absolute Gasteiger partial charge is 0.319 e. The molecule has 2 aromatic rings. The summed E-state index contributed by atoms with van der Waals surface area (Å²) in [6.45, 7) is 9.30. The molecule has 0 aromatic heterocycles. The van der Waals surface area contributed by atoms with E-state index in [1.165, 1.54) is 0 Å². The number of methoxy groups -OCH3 is 1. The first kappa shape index (κ1) is 28.3. The maximum atomic E-state index is 13.6. The van der Waals surface area contributed by atoms with Gasteiger partial charge in [0.25, 0.3) is 5.91 Å². The van der Waals surface area contributed by atoms with Crippen molar-refractivity contribution in [1.82, 2.24) is 15.1 Å². The molecule has 3 rings (SSSR count). The number of hydrogen-bond acceptors (Lipinski definition) is 6. The highest BCUT2D eigenvalue weighted by molar-refractivity contribution is 5.99. The molecule has 0 spiro atoms. The Hall–Kier alpha value is -3.30. The minimum Gasteiger partial charge on any atom is -0.497 e. The molecule has 3 N–H and O–H groups in total. The number of benzene rings is 2. The van der Waals surface area contributed by atoms with E-state index in [2.05, 4.69) is 22.5 Å². The van der Waals surface area contributed by atoms with Gasteiger partial charge in [-0.2, -0.15) is 0 Å². The Balaban J connectivity index is 1.85. The summed E-state index contributed by atoms with van der Waals surface area (Å²) >= 11 is 0. The van der Waals surface area contributed by atoms with Crippen molar-refractivity contribution in [3.8, 4) is 11.5 Å². The van der Waals surface area contributed by atoms with Crippen LogP contribution in [0.25, 0.3) is 0 Å². The van der Waals surface area contributed by atoms with E-state index in [9.17, 15) is 14.7 Å². The van der Waals surface area contributed by atoms with Gasteiger partial charge in [0.05, 0.1) is 25.3 Å². The van der Waals surface area contributed by atoms with Crippen LogP contribution in [0.3, 0.4) is 0 Å². The van der Waals surface area contributed by atoms with Crippen LogP contribution in [-0.2, 0) is 6.54 Å². The zero-order valence-electron chi connectivity index (χ0n) is 22.7. The highest BCUT2D eigenvalue weighted by atomic mass is 16.5.